The molecule has 0 aliphatic rings. The van der Waals surface area contributed by atoms with Crippen molar-refractivity contribution >= 4 is 12.4 Å². The number of rotatable bonds is 0. The highest BCUT2D eigenvalue weighted by Crippen LogP contribution is 1.42. The maximum absolute atomic E-state index is 9.00. The van der Waals surface area contributed by atoms with Crippen LogP contribution < -0.4 is 11.5 Å². The minimum atomic E-state index is -0.833. The van der Waals surface area contributed by atoms with Gasteiger partial charge in [0, 0.05) is 6.92 Å². The summed E-state index contributed by atoms with van der Waals surface area (Å²) in [6.45, 7) is 0.833. The van der Waals surface area contributed by atoms with Gasteiger partial charge in [0.15, 0.2) is 0 Å². The fraction of sp³-hybridized carbons (Fsp3) is 0.600. The lowest BCUT2D eigenvalue weighted by Gasteiger charge is -1.59. The number of nitrogens with two attached hydrogens (primary N) is 2. The van der Waals surface area contributed by atoms with Crippen molar-refractivity contribution in [2.24, 2.45) is 11.5 Å². The van der Waals surface area contributed by atoms with E-state index in [0.29, 0.717) is 0 Å². The third-order valence-electron chi connectivity index (χ3n) is 0. The highest BCUT2D eigenvalue weighted by atomic mass is 16.4. The average molecular weight is 168 g/mol. The molecule has 0 amide bonds. The van der Waals surface area contributed by atoms with E-state index in [4.69, 9.17) is 19.8 Å². The molecular formula is C5H16N2O4. The molecule has 0 fully saturated rings. The standard InChI is InChI=1S/C2H4O2.2CH5N.CH2O2/c1-2(3)4;2*1-2;2-1-3/h1H3,(H,3,4);2*2H2,1H3;1H,(H,2,3). The average Bonchev–Trinajstić information content (AvgIpc) is 1.96. The van der Waals surface area contributed by atoms with Gasteiger partial charge >= 0.3 is 0 Å². The van der Waals surface area contributed by atoms with E-state index in [9.17, 15) is 0 Å². The van der Waals surface area contributed by atoms with Gasteiger partial charge in [-0.15, -0.1) is 0 Å². The predicted molar refractivity (Wildman–Crippen MR) is 42.2 cm³/mol. The first kappa shape index (κ1) is 22.5. The lowest BCUT2D eigenvalue weighted by Crippen LogP contribution is -1.78. The summed E-state index contributed by atoms with van der Waals surface area (Å²) < 4.78 is 0. The molecule has 11 heavy (non-hydrogen) atoms. The Kier molecular flexibility index (Phi) is 137. The first-order chi connectivity index (χ1) is 5.15. The molecule has 0 aromatic rings. The zero-order chi connectivity index (χ0) is 10.3. The van der Waals surface area contributed by atoms with Crippen molar-refractivity contribution in [2.45, 2.75) is 6.92 Å². The molecule has 6 nitrogen and oxygen atoms in total. The van der Waals surface area contributed by atoms with Crippen LogP contribution >= 0.6 is 0 Å². The SMILES string of the molecule is CC(=O)O.CN.CN.O=CO. The molecule has 0 saturated carbocycles. The molecule has 0 aromatic carbocycles. The Labute approximate surface area is 65.8 Å². The predicted octanol–water partition coefficient (Wildman–Crippen LogP) is -1.06. The van der Waals surface area contributed by atoms with Gasteiger partial charge in [-0.05, 0) is 14.1 Å². The van der Waals surface area contributed by atoms with Gasteiger partial charge in [-0.1, -0.05) is 0 Å². The van der Waals surface area contributed by atoms with Crippen LogP contribution in [0.15, 0.2) is 0 Å². The second-order valence-corrected chi connectivity index (χ2v) is 0.624. The third kappa shape index (κ3) is 321. The number of hydrogen-bond donors (Lipinski definition) is 4. The van der Waals surface area contributed by atoms with E-state index in [2.05, 4.69) is 11.5 Å². The lowest BCUT2D eigenvalue weighted by molar-refractivity contribution is -0.134. The van der Waals surface area contributed by atoms with Crippen LogP contribution in [0.1, 0.15) is 6.92 Å². The summed E-state index contributed by atoms with van der Waals surface area (Å²) in [7, 11) is 3.00. The normalized spacial score (nSPS) is 4.45. The van der Waals surface area contributed by atoms with Gasteiger partial charge in [-0.25, -0.2) is 0 Å². The fourth-order valence-electron chi connectivity index (χ4n) is 0. The molecule has 0 spiro atoms. The van der Waals surface area contributed by atoms with Crippen molar-refractivity contribution in [1.82, 2.24) is 0 Å². The molecule has 0 aliphatic carbocycles. The van der Waals surface area contributed by atoms with Crippen LogP contribution in [0.3, 0.4) is 0 Å². The number of carbonyl (C=O) groups is 2. The van der Waals surface area contributed by atoms with Crippen molar-refractivity contribution in [1.29, 1.82) is 0 Å². The summed E-state index contributed by atoms with van der Waals surface area (Å²) in [6.07, 6.45) is 0. The second-order valence-electron chi connectivity index (χ2n) is 0.624. The summed E-state index contributed by atoms with van der Waals surface area (Å²) in [4.78, 5) is 17.4. The van der Waals surface area contributed by atoms with Crippen LogP contribution in [0.25, 0.3) is 0 Å². The first-order valence-corrected chi connectivity index (χ1v) is 2.58. The Morgan fingerprint density at radius 1 is 1.27 bits per heavy atom. The van der Waals surface area contributed by atoms with Gasteiger partial charge in [0.2, 0.25) is 0 Å². The largest absolute Gasteiger partial charge is 0.483 e. The van der Waals surface area contributed by atoms with E-state index in [1.165, 1.54) is 14.1 Å². The van der Waals surface area contributed by atoms with Crippen LogP contribution in [-0.4, -0.2) is 36.7 Å². The minimum absolute atomic E-state index is 0.250. The van der Waals surface area contributed by atoms with E-state index >= 15 is 0 Å². The summed E-state index contributed by atoms with van der Waals surface area (Å²) in [6, 6.07) is 0. The van der Waals surface area contributed by atoms with E-state index in [-0.39, 0.29) is 6.47 Å². The van der Waals surface area contributed by atoms with E-state index in [1.807, 2.05) is 0 Å². The molecule has 6 heteroatoms. The van der Waals surface area contributed by atoms with Crippen molar-refractivity contribution in [3.8, 4) is 0 Å². The molecule has 0 bridgehead atoms. The molecule has 0 rings (SSSR count). The summed E-state index contributed by atoms with van der Waals surface area (Å²) in [5, 5.41) is 14.3. The molecule has 70 valence electrons. The number of carboxylic acid groups (broad SMARTS) is 2. The topological polar surface area (TPSA) is 127 Å². The number of carboxylic acids is 1. The van der Waals surface area contributed by atoms with Gasteiger partial charge < -0.3 is 21.7 Å². The van der Waals surface area contributed by atoms with Crippen LogP contribution in [-0.2, 0) is 9.59 Å². The number of aliphatic carboxylic acids is 1. The second kappa shape index (κ2) is 66.9. The molecule has 0 aliphatic heterocycles. The molecule has 0 atom stereocenters. The smallest absolute Gasteiger partial charge is 0.300 e. The van der Waals surface area contributed by atoms with Crippen LogP contribution in [0.5, 0.6) is 0 Å². The van der Waals surface area contributed by atoms with Crippen molar-refractivity contribution in [3.05, 3.63) is 0 Å². The quantitative estimate of drug-likeness (QED) is 0.341. The van der Waals surface area contributed by atoms with Crippen LogP contribution in [0.2, 0.25) is 0 Å². The zero-order valence-electron chi connectivity index (χ0n) is 6.94. The molecule has 0 saturated heterocycles. The van der Waals surface area contributed by atoms with Crippen molar-refractivity contribution in [2.75, 3.05) is 14.1 Å². The van der Waals surface area contributed by atoms with Gasteiger partial charge in [0.05, 0.1) is 0 Å². The van der Waals surface area contributed by atoms with Crippen molar-refractivity contribution in [3.63, 3.8) is 0 Å². The molecular weight excluding hydrogens is 152 g/mol. The van der Waals surface area contributed by atoms with Gasteiger partial charge in [-0.2, -0.15) is 0 Å². The Hall–Kier alpha value is -1.14. The zero-order valence-corrected chi connectivity index (χ0v) is 6.94. The maximum Gasteiger partial charge on any atom is 0.300 e. The molecule has 0 aromatic heterocycles. The Morgan fingerprint density at radius 2 is 1.27 bits per heavy atom. The summed E-state index contributed by atoms with van der Waals surface area (Å²) >= 11 is 0. The van der Waals surface area contributed by atoms with Gasteiger partial charge in [-0.3, -0.25) is 9.59 Å². The van der Waals surface area contributed by atoms with E-state index in [1.54, 1.807) is 0 Å². The Morgan fingerprint density at radius 3 is 1.27 bits per heavy atom. The van der Waals surface area contributed by atoms with E-state index in [0.717, 1.165) is 6.92 Å². The fourth-order valence-corrected chi connectivity index (χ4v) is 0. The molecule has 6 N–H and O–H groups in total. The molecule has 0 unspecified atom stereocenters. The Balaban J connectivity index is -0.0000000315. The molecule has 0 heterocycles. The lowest BCUT2D eigenvalue weighted by atomic mass is 10.9. The highest BCUT2D eigenvalue weighted by Gasteiger charge is 1.65. The van der Waals surface area contributed by atoms with Crippen LogP contribution in [0.4, 0.5) is 0 Å². The van der Waals surface area contributed by atoms with Gasteiger partial charge in [0.25, 0.3) is 12.4 Å². The van der Waals surface area contributed by atoms with Crippen molar-refractivity contribution < 1.29 is 19.8 Å². The Bertz CT molecular complexity index is 63.5. The minimum Gasteiger partial charge on any atom is -0.483 e. The summed E-state index contributed by atoms with van der Waals surface area (Å²) in [5.74, 6) is -0.833. The monoisotopic (exact) mass is 168 g/mol. The number of hydrogen-bond acceptors (Lipinski definition) is 4. The third-order valence-corrected chi connectivity index (χ3v) is 0. The van der Waals surface area contributed by atoms with E-state index < -0.39 is 5.97 Å². The van der Waals surface area contributed by atoms with Crippen LogP contribution in [0, 0.1) is 0 Å². The summed E-state index contributed by atoms with van der Waals surface area (Å²) in [5.41, 5.74) is 9.00. The first-order valence-electron chi connectivity index (χ1n) is 2.58. The van der Waals surface area contributed by atoms with Gasteiger partial charge in [0.1, 0.15) is 0 Å². The maximum atomic E-state index is 9.00. The molecule has 0 radical (unpaired) electrons. The highest BCUT2D eigenvalue weighted by molar-refractivity contribution is 5.62.